The molecule has 0 bridgehead atoms. The van der Waals surface area contributed by atoms with Crippen LogP contribution in [0.5, 0.6) is 17.2 Å². The molecule has 2 aromatic rings. The lowest BCUT2D eigenvalue weighted by molar-refractivity contribution is 0.0651. The van der Waals surface area contributed by atoms with E-state index in [1.807, 2.05) is 6.92 Å². The summed E-state index contributed by atoms with van der Waals surface area (Å²) in [6.07, 6.45) is 1.60. The van der Waals surface area contributed by atoms with E-state index in [1.165, 1.54) is 37.3 Å². The molecule has 28 heavy (non-hydrogen) atoms. The van der Waals surface area contributed by atoms with Gasteiger partial charge in [0.05, 0.1) is 30.9 Å². The van der Waals surface area contributed by atoms with Crippen molar-refractivity contribution in [3.63, 3.8) is 0 Å². The highest BCUT2D eigenvalue weighted by Gasteiger charge is 2.35. The number of carbonyl (C=O) groups is 3. The molecule has 1 aliphatic rings. The van der Waals surface area contributed by atoms with Crippen LogP contribution in [0.3, 0.4) is 0 Å². The van der Waals surface area contributed by atoms with E-state index in [9.17, 15) is 14.4 Å². The van der Waals surface area contributed by atoms with Crippen LogP contribution in [0.4, 0.5) is 0 Å². The molecule has 0 atom stereocenters. The number of carbonyl (C=O) groups excluding carboxylic acids is 3. The SMILES string of the molecule is CCCCN1C(=O)c2ccc(C(=O)Oc3cc(OC)cc(OC)c3)cc2C1=O. The zero-order valence-electron chi connectivity index (χ0n) is 16.0. The third-order valence-electron chi connectivity index (χ3n) is 4.48. The number of amides is 2. The fourth-order valence-corrected chi connectivity index (χ4v) is 2.94. The summed E-state index contributed by atoms with van der Waals surface area (Å²) in [5.41, 5.74) is 0.707. The first-order valence-electron chi connectivity index (χ1n) is 8.94. The van der Waals surface area contributed by atoms with E-state index in [0.717, 1.165) is 12.8 Å². The Morgan fingerprint density at radius 3 is 2.11 bits per heavy atom. The molecule has 0 saturated heterocycles. The minimum atomic E-state index is -0.648. The monoisotopic (exact) mass is 383 g/mol. The molecular weight excluding hydrogens is 362 g/mol. The quantitative estimate of drug-likeness (QED) is 0.414. The Bertz CT molecular complexity index is 914. The number of esters is 1. The number of methoxy groups -OCH3 is 2. The Morgan fingerprint density at radius 1 is 0.893 bits per heavy atom. The lowest BCUT2D eigenvalue weighted by Crippen LogP contribution is -2.30. The van der Waals surface area contributed by atoms with Gasteiger partial charge in [-0.1, -0.05) is 13.3 Å². The minimum Gasteiger partial charge on any atom is -0.496 e. The van der Waals surface area contributed by atoms with E-state index in [0.29, 0.717) is 23.6 Å². The number of fused-ring (bicyclic) bond motifs is 1. The van der Waals surface area contributed by atoms with Crippen molar-refractivity contribution in [3.8, 4) is 17.2 Å². The second kappa shape index (κ2) is 8.12. The van der Waals surface area contributed by atoms with Gasteiger partial charge < -0.3 is 14.2 Å². The Labute approximate surface area is 162 Å². The second-order valence-electron chi connectivity index (χ2n) is 6.31. The summed E-state index contributed by atoms with van der Waals surface area (Å²) in [7, 11) is 2.99. The maximum Gasteiger partial charge on any atom is 0.343 e. The van der Waals surface area contributed by atoms with Crippen molar-refractivity contribution >= 4 is 17.8 Å². The van der Waals surface area contributed by atoms with Crippen LogP contribution in [0.25, 0.3) is 0 Å². The number of hydrogen-bond donors (Lipinski definition) is 0. The molecule has 1 aliphatic heterocycles. The summed E-state index contributed by atoms with van der Waals surface area (Å²) in [6.45, 7) is 2.35. The Morgan fingerprint density at radius 2 is 1.50 bits per heavy atom. The summed E-state index contributed by atoms with van der Waals surface area (Å²) in [5, 5.41) is 0. The van der Waals surface area contributed by atoms with Crippen LogP contribution in [0.2, 0.25) is 0 Å². The Hall–Kier alpha value is -3.35. The van der Waals surface area contributed by atoms with Crippen LogP contribution in [0, 0.1) is 0 Å². The molecule has 2 amide bonds. The fraction of sp³-hybridized carbons (Fsp3) is 0.286. The van der Waals surface area contributed by atoms with E-state index in [4.69, 9.17) is 14.2 Å². The molecule has 7 heteroatoms. The van der Waals surface area contributed by atoms with Gasteiger partial charge in [0.15, 0.2) is 0 Å². The number of unbranched alkanes of at least 4 members (excludes halogenated alkanes) is 1. The zero-order chi connectivity index (χ0) is 20.3. The number of benzene rings is 2. The summed E-state index contributed by atoms with van der Waals surface area (Å²) in [5.74, 6) is -0.164. The van der Waals surface area contributed by atoms with Gasteiger partial charge in [-0.15, -0.1) is 0 Å². The van der Waals surface area contributed by atoms with Gasteiger partial charge in [-0.05, 0) is 24.6 Å². The highest BCUT2D eigenvalue weighted by Crippen LogP contribution is 2.29. The standard InChI is InChI=1S/C21H21NO6/c1-4-5-8-22-19(23)17-7-6-13(9-18(17)20(22)24)21(25)28-16-11-14(26-2)10-15(12-16)27-3/h6-7,9-12H,4-5,8H2,1-3H3. The van der Waals surface area contributed by atoms with E-state index in [2.05, 4.69) is 0 Å². The summed E-state index contributed by atoms with van der Waals surface area (Å²) < 4.78 is 15.7. The van der Waals surface area contributed by atoms with Gasteiger partial charge >= 0.3 is 5.97 Å². The van der Waals surface area contributed by atoms with Gasteiger partial charge in [-0.2, -0.15) is 0 Å². The molecule has 3 rings (SSSR count). The van der Waals surface area contributed by atoms with Crippen molar-refractivity contribution in [3.05, 3.63) is 53.1 Å². The smallest absolute Gasteiger partial charge is 0.343 e. The number of imide groups is 1. The molecule has 0 spiro atoms. The second-order valence-corrected chi connectivity index (χ2v) is 6.31. The maximum absolute atomic E-state index is 12.5. The van der Waals surface area contributed by atoms with Crippen molar-refractivity contribution in [1.29, 1.82) is 0 Å². The van der Waals surface area contributed by atoms with Gasteiger partial charge in [0.1, 0.15) is 17.2 Å². The maximum atomic E-state index is 12.5. The molecule has 0 aliphatic carbocycles. The number of rotatable bonds is 7. The Balaban J connectivity index is 1.83. The fourth-order valence-electron chi connectivity index (χ4n) is 2.94. The number of hydrogen-bond acceptors (Lipinski definition) is 6. The average Bonchev–Trinajstić information content (AvgIpc) is 2.95. The molecule has 0 aromatic heterocycles. The molecule has 146 valence electrons. The Kier molecular flexibility index (Phi) is 5.63. The van der Waals surface area contributed by atoms with Crippen molar-refractivity contribution in [2.24, 2.45) is 0 Å². The third-order valence-corrected chi connectivity index (χ3v) is 4.48. The predicted octanol–water partition coefficient (Wildman–Crippen LogP) is 3.32. The zero-order valence-corrected chi connectivity index (χ0v) is 16.0. The normalized spacial score (nSPS) is 12.8. The lowest BCUT2D eigenvalue weighted by atomic mass is 10.1. The van der Waals surface area contributed by atoms with Gasteiger partial charge in [-0.3, -0.25) is 14.5 Å². The first kappa shape index (κ1) is 19.4. The third kappa shape index (κ3) is 3.69. The van der Waals surface area contributed by atoms with Gasteiger partial charge in [0, 0.05) is 24.7 Å². The molecule has 0 unspecified atom stereocenters. The molecule has 1 heterocycles. The number of nitrogens with zero attached hydrogens (tertiary/aromatic N) is 1. The molecule has 2 aromatic carbocycles. The van der Waals surface area contributed by atoms with Crippen molar-refractivity contribution in [2.45, 2.75) is 19.8 Å². The lowest BCUT2D eigenvalue weighted by Gasteiger charge is -2.12. The first-order chi connectivity index (χ1) is 13.5. The van der Waals surface area contributed by atoms with E-state index < -0.39 is 5.97 Å². The van der Waals surface area contributed by atoms with Gasteiger partial charge in [0.25, 0.3) is 11.8 Å². The van der Waals surface area contributed by atoms with Crippen LogP contribution in [-0.4, -0.2) is 43.4 Å². The van der Waals surface area contributed by atoms with Crippen LogP contribution in [-0.2, 0) is 0 Å². The van der Waals surface area contributed by atoms with Crippen LogP contribution in [0.1, 0.15) is 50.8 Å². The van der Waals surface area contributed by atoms with Crippen LogP contribution < -0.4 is 14.2 Å². The molecule has 0 fully saturated rings. The largest absolute Gasteiger partial charge is 0.496 e. The van der Waals surface area contributed by atoms with Crippen molar-refractivity contribution in [1.82, 2.24) is 4.90 Å². The molecule has 0 N–H and O–H groups in total. The van der Waals surface area contributed by atoms with Crippen molar-refractivity contribution in [2.75, 3.05) is 20.8 Å². The van der Waals surface area contributed by atoms with E-state index >= 15 is 0 Å². The van der Waals surface area contributed by atoms with E-state index in [-0.39, 0.29) is 28.7 Å². The summed E-state index contributed by atoms with van der Waals surface area (Å²) in [6, 6.07) is 9.13. The molecular formula is C21H21NO6. The van der Waals surface area contributed by atoms with Crippen LogP contribution in [0.15, 0.2) is 36.4 Å². The average molecular weight is 383 g/mol. The molecule has 0 radical (unpaired) electrons. The summed E-state index contributed by atoms with van der Waals surface area (Å²) >= 11 is 0. The highest BCUT2D eigenvalue weighted by atomic mass is 16.5. The van der Waals surface area contributed by atoms with Crippen LogP contribution >= 0.6 is 0 Å². The molecule has 7 nitrogen and oxygen atoms in total. The van der Waals surface area contributed by atoms with Gasteiger partial charge in [-0.25, -0.2) is 4.79 Å². The van der Waals surface area contributed by atoms with Gasteiger partial charge in [0.2, 0.25) is 0 Å². The molecule has 0 saturated carbocycles. The van der Waals surface area contributed by atoms with E-state index in [1.54, 1.807) is 18.2 Å². The summed E-state index contributed by atoms with van der Waals surface area (Å²) in [4.78, 5) is 38.7. The van der Waals surface area contributed by atoms with Crippen molar-refractivity contribution < 1.29 is 28.6 Å². The minimum absolute atomic E-state index is 0.180. The first-order valence-corrected chi connectivity index (χ1v) is 8.94. The predicted molar refractivity (Wildman–Crippen MR) is 101 cm³/mol. The highest BCUT2D eigenvalue weighted by molar-refractivity contribution is 6.22. The number of ether oxygens (including phenoxy) is 3. The topological polar surface area (TPSA) is 82.1 Å².